The molecule has 0 radical (unpaired) electrons. The number of nitrogens with zero attached hydrogens (tertiary/aromatic N) is 2. The van der Waals surface area contributed by atoms with Gasteiger partial charge in [0.2, 0.25) is 0 Å². The molecule has 178 valence electrons. The van der Waals surface area contributed by atoms with E-state index in [1.165, 1.54) is 6.92 Å². The standard InChI is InChI=1S/C29H23N3O4/c1-18(28(33)32-24-13-4-2-8-20(24)17-30)36-29(34)26-22-11-3-5-14-25(22)31-27-19(9-6-12-23(26)27)16-21-10-7-15-35-21/h2-5,7-8,10-11,13-16,18H,6,9,12H2,1H3,(H,32,33)/b19-16+. The van der Waals surface area contributed by atoms with Gasteiger partial charge in [0.15, 0.2) is 6.10 Å². The highest BCUT2D eigenvalue weighted by atomic mass is 16.5. The Kier molecular flexibility index (Phi) is 6.33. The number of rotatable bonds is 5. The summed E-state index contributed by atoms with van der Waals surface area (Å²) in [6.07, 6.45) is 4.83. The number of pyridine rings is 1. The van der Waals surface area contributed by atoms with Crippen molar-refractivity contribution in [3.8, 4) is 6.07 Å². The van der Waals surface area contributed by atoms with Crippen LogP contribution in [-0.4, -0.2) is 23.0 Å². The third-order valence-electron chi connectivity index (χ3n) is 6.19. The van der Waals surface area contributed by atoms with Gasteiger partial charge in [-0.3, -0.25) is 4.79 Å². The summed E-state index contributed by atoms with van der Waals surface area (Å²) < 4.78 is 11.2. The number of fused-ring (bicyclic) bond motifs is 2. The number of benzene rings is 2. The van der Waals surface area contributed by atoms with Crippen molar-refractivity contribution in [3.63, 3.8) is 0 Å². The van der Waals surface area contributed by atoms with Crippen molar-refractivity contribution in [2.75, 3.05) is 5.32 Å². The van der Waals surface area contributed by atoms with Gasteiger partial charge in [0.05, 0.1) is 34.3 Å². The number of esters is 1. The van der Waals surface area contributed by atoms with Gasteiger partial charge in [0.1, 0.15) is 11.8 Å². The maximum absolute atomic E-state index is 13.5. The molecule has 0 saturated heterocycles. The molecule has 7 nitrogen and oxygen atoms in total. The number of hydrogen-bond donors (Lipinski definition) is 1. The topological polar surface area (TPSA) is 105 Å². The molecular formula is C29H23N3O4. The number of hydrogen-bond acceptors (Lipinski definition) is 6. The van der Waals surface area contributed by atoms with Gasteiger partial charge in [0.25, 0.3) is 5.91 Å². The van der Waals surface area contributed by atoms with E-state index in [0.29, 0.717) is 34.1 Å². The number of nitriles is 1. The van der Waals surface area contributed by atoms with E-state index >= 15 is 0 Å². The molecule has 7 heteroatoms. The van der Waals surface area contributed by atoms with Gasteiger partial charge in [-0.15, -0.1) is 0 Å². The molecule has 0 fully saturated rings. The number of anilines is 1. The molecule has 0 spiro atoms. The van der Waals surface area contributed by atoms with Gasteiger partial charge in [-0.2, -0.15) is 5.26 Å². The maximum Gasteiger partial charge on any atom is 0.339 e. The average Bonchev–Trinajstić information content (AvgIpc) is 3.41. The van der Waals surface area contributed by atoms with Crippen LogP contribution in [0.25, 0.3) is 22.6 Å². The number of allylic oxidation sites excluding steroid dienone is 1. The summed E-state index contributed by atoms with van der Waals surface area (Å²) in [5.74, 6) is -0.378. The molecule has 0 bridgehead atoms. The quantitative estimate of drug-likeness (QED) is 0.366. The first kappa shape index (κ1) is 23.1. The molecule has 1 aliphatic rings. The largest absolute Gasteiger partial charge is 0.465 e. The number of ether oxygens (including phenoxy) is 1. The van der Waals surface area contributed by atoms with Gasteiger partial charge in [-0.05, 0) is 73.7 Å². The van der Waals surface area contributed by atoms with Crippen molar-refractivity contribution < 1.29 is 18.7 Å². The first-order valence-electron chi connectivity index (χ1n) is 11.7. The Bertz CT molecular complexity index is 1530. The van der Waals surface area contributed by atoms with Gasteiger partial charge in [0, 0.05) is 5.39 Å². The highest BCUT2D eigenvalue weighted by molar-refractivity contribution is 6.07. The number of carbonyl (C=O) groups is 2. The van der Waals surface area contributed by atoms with Crippen molar-refractivity contribution in [2.24, 2.45) is 0 Å². The van der Waals surface area contributed by atoms with E-state index in [2.05, 4.69) is 5.32 Å². The van der Waals surface area contributed by atoms with Crippen molar-refractivity contribution in [2.45, 2.75) is 32.3 Å². The zero-order valence-corrected chi connectivity index (χ0v) is 19.7. The lowest BCUT2D eigenvalue weighted by Crippen LogP contribution is -2.31. The molecule has 1 unspecified atom stereocenters. The summed E-state index contributed by atoms with van der Waals surface area (Å²) in [4.78, 5) is 31.2. The Morgan fingerprint density at radius 2 is 1.92 bits per heavy atom. The summed E-state index contributed by atoms with van der Waals surface area (Å²) >= 11 is 0. The van der Waals surface area contributed by atoms with E-state index in [4.69, 9.17) is 14.1 Å². The lowest BCUT2D eigenvalue weighted by molar-refractivity contribution is -0.123. The molecule has 36 heavy (non-hydrogen) atoms. The average molecular weight is 478 g/mol. The summed E-state index contributed by atoms with van der Waals surface area (Å²) in [6.45, 7) is 1.51. The molecule has 1 atom stereocenters. The summed E-state index contributed by atoms with van der Waals surface area (Å²) in [5.41, 5.74) is 4.36. The Morgan fingerprint density at radius 3 is 2.72 bits per heavy atom. The number of nitrogens with one attached hydrogen (secondary N) is 1. The van der Waals surface area contributed by atoms with E-state index in [1.807, 2.05) is 48.5 Å². The molecule has 2 aromatic heterocycles. The number of aromatic nitrogens is 1. The Hall–Kier alpha value is -4.70. The monoisotopic (exact) mass is 477 g/mol. The predicted molar refractivity (Wildman–Crippen MR) is 136 cm³/mol. The highest BCUT2D eigenvalue weighted by Gasteiger charge is 2.28. The zero-order chi connectivity index (χ0) is 25.1. The lowest BCUT2D eigenvalue weighted by Gasteiger charge is -2.23. The van der Waals surface area contributed by atoms with Gasteiger partial charge in [-0.25, -0.2) is 9.78 Å². The molecule has 4 aromatic rings. The third kappa shape index (κ3) is 4.49. The Labute approximate surface area is 208 Å². The van der Waals surface area contributed by atoms with Crippen LogP contribution in [0, 0.1) is 11.3 Å². The molecule has 2 heterocycles. The van der Waals surface area contributed by atoms with Crippen molar-refractivity contribution in [1.29, 1.82) is 5.26 Å². The molecule has 0 aliphatic heterocycles. The van der Waals surface area contributed by atoms with E-state index in [9.17, 15) is 14.9 Å². The number of furan rings is 1. The van der Waals surface area contributed by atoms with Crippen molar-refractivity contribution in [3.05, 3.63) is 95.1 Å². The van der Waals surface area contributed by atoms with Crippen LogP contribution in [0.3, 0.4) is 0 Å². The van der Waals surface area contributed by atoms with E-state index in [1.54, 1.807) is 30.5 Å². The fraction of sp³-hybridized carbons (Fsp3) is 0.172. The summed E-state index contributed by atoms with van der Waals surface area (Å²) in [7, 11) is 0. The fourth-order valence-corrected chi connectivity index (χ4v) is 4.45. The highest BCUT2D eigenvalue weighted by Crippen LogP contribution is 2.36. The molecule has 1 amide bonds. The van der Waals surface area contributed by atoms with Gasteiger partial charge in [-0.1, -0.05) is 30.3 Å². The second-order valence-corrected chi connectivity index (χ2v) is 8.56. The van der Waals surface area contributed by atoms with Gasteiger partial charge < -0.3 is 14.5 Å². The molecule has 5 rings (SSSR count). The van der Waals surface area contributed by atoms with Crippen LogP contribution in [0.4, 0.5) is 5.69 Å². The summed E-state index contributed by atoms with van der Waals surface area (Å²) in [6, 6.07) is 19.8. The van der Waals surface area contributed by atoms with Crippen LogP contribution in [0.1, 0.15) is 52.7 Å². The number of para-hydroxylation sites is 2. The number of carbonyl (C=O) groups excluding carboxylic acids is 2. The van der Waals surface area contributed by atoms with Crippen LogP contribution in [0.2, 0.25) is 0 Å². The first-order chi connectivity index (χ1) is 17.5. The second-order valence-electron chi connectivity index (χ2n) is 8.56. The van der Waals surface area contributed by atoms with E-state index < -0.39 is 18.0 Å². The van der Waals surface area contributed by atoms with Crippen LogP contribution >= 0.6 is 0 Å². The summed E-state index contributed by atoms with van der Waals surface area (Å²) in [5, 5.41) is 12.6. The van der Waals surface area contributed by atoms with Crippen molar-refractivity contribution in [1.82, 2.24) is 4.98 Å². The molecule has 2 aromatic carbocycles. The van der Waals surface area contributed by atoms with Crippen LogP contribution < -0.4 is 5.32 Å². The minimum atomic E-state index is -1.08. The molecule has 1 aliphatic carbocycles. The maximum atomic E-state index is 13.5. The Morgan fingerprint density at radius 1 is 1.11 bits per heavy atom. The molecular weight excluding hydrogens is 454 g/mol. The van der Waals surface area contributed by atoms with Crippen molar-refractivity contribution >= 4 is 40.1 Å². The Balaban J connectivity index is 1.48. The van der Waals surface area contributed by atoms with Gasteiger partial charge >= 0.3 is 5.97 Å². The number of amides is 1. The minimum absolute atomic E-state index is 0.328. The zero-order valence-electron chi connectivity index (χ0n) is 19.7. The second kappa shape index (κ2) is 9.88. The fourth-order valence-electron chi connectivity index (χ4n) is 4.45. The third-order valence-corrected chi connectivity index (χ3v) is 6.19. The van der Waals surface area contributed by atoms with E-state index in [0.717, 1.165) is 35.4 Å². The van der Waals surface area contributed by atoms with Crippen LogP contribution in [-0.2, 0) is 16.0 Å². The minimum Gasteiger partial charge on any atom is -0.465 e. The van der Waals surface area contributed by atoms with Crippen LogP contribution in [0.15, 0.2) is 71.3 Å². The molecule has 1 N–H and O–H groups in total. The molecule has 0 saturated carbocycles. The smallest absolute Gasteiger partial charge is 0.339 e. The van der Waals surface area contributed by atoms with E-state index in [-0.39, 0.29) is 0 Å². The first-order valence-corrected chi connectivity index (χ1v) is 11.7. The van der Waals surface area contributed by atoms with Crippen LogP contribution in [0.5, 0.6) is 0 Å². The predicted octanol–water partition coefficient (Wildman–Crippen LogP) is 5.76. The lowest BCUT2D eigenvalue weighted by atomic mass is 9.86. The normalized spacial score (nSPS) is 14.6. The SMILES string of the molecule is CC(OC(=O)c1c2c(nc3ccccc13)/C(=C/c1ccco1)CCC2)C(=O)Nc1ccccc1C#N.